The summed E-state index contributed by atoms with van der Waals surface area (Å²) in [6, 6.07) is 17.5. The van der Waals surface area contributed by atoms with E-state index in [0.29, 0.717) is 0 Å². The number of fused-ring (bicyclic) bond motifs is 2. The lowest BCUT2D eigenvalue weighted by Gasteiger charge is -2.07. The maximum absolute atomic E-state index is 2.30. The maximum atomic E-state index is 2.30. The van der Waals surface area contributed by atoms with Gasteiger partial charge in [-0.15, -0.1) is 0 Å². The van der Waals surface area contributed by atoms with E-state index in [1.54, 1.807) is 0 Å². The summed E-state index contributed by atoms with van der Waals surface area (Å²) < 4.78 is 0. The molecule has 0 radical (unpaired) electrons. The molecule has 0 nitrogen and oxygen atoms in total. The highest BCUT2D eigenvalue weighted by molar-refractivity contribution is 6.00. The molecule has 0 amide bonds. The molecular weight excluding hydrogens is 216 g/mol. The van der Waals surface area contributed by atoms with E-state index in [1.807, 2.05) is 13.8 Å². The number of hydrogen-bond acceptors (Lipinski definition) is 0. The van der Waals surface area contributed by atoms with Crippen LogP contribution in [0.5, 0.6) is 0 Å². The van der Waals surface area contributed by atoms with Crippen LogP contribution >= 0.6 is 0 Å². The van der Waals surface area contributed by atoms with Crippen molar-refractivity contribution in [1.82, 2.24) is 0 Å². The monoisotopic (exact) mass is 236 g/mol. The molecule has 0 aliphatic rings. The molecule has 3 aromatic rings. The molecule has 0 spiro atoms. The lowest BCUT2D eigenvalue weighted by Crippen LogP contribution is -1.83. The zero-order chi connectivity index (χ0) is 13.1. The average molecular weight is 236 g/mol. The van der Waals surface area contributed by atoms with E-state index in [-0.39, 0.29) is 0 Å². The van der Waals surface area contributed by atoms with Crippen molar-refractivity contribution in [2.75, 3.05) is 0 Å². The molecule has 0 heterocycles. The molecule has 0 bridgehead atoms. The lowest BCUT2D eigenvalue weighted by atomic mass is 9.97. The van der Waals surface area contributed by atoms with Crippen molar-refractivity contribution in [3.05, 3.63) is 59.7 Å². The largest absolute Gasteiger partial charge is 0.0683 e. The fourth-order valence-corrected chi connectivity index (χ4v) is 2.32. The topological polar surface area (TPSA) is 0 Å². The fourth-order valence-electron chi connectivity index (χ4n) is 2.32. The van der Waals surface area contributed by atoms with E-state index < -0.39 is 0 Å². The molecule has 18 heavy (non-hydrogen) atoms. The van der Waals surface area contributed by atoms with Crippen molar-refractivity contribution in [3.63, 3.8) is 0 Å². The van der Waals surface area contributed by atoms with Crippen LogP contribution in [0.15, 0.2) is 48.5 Å². The van der Waals surface area contributed by atoms with Crippen LogP contribution in [0, 0.1) is 13.8 Å². The first-order valence-electron chi connectivity index (χ1n) is 6.64. The molecular formula is C18H20. The average Bonchev–Trinajstić information content (AvgIpc) is 2.44. The molecule has 3 aromatic carbocycles. The second kappa shape index (κ2) is 5.22. The molecule has 0 fully saturated rings. The third kappa shape index (κ3) is 2.11. The van der Waals surface area contributed by atoms with E-state index in [2.05, 4.69) is 62.4 Å². The van der Waals surface area contributed by atoms with Crippen LogP contribution in [0.4, 0.5) is 0 Å². The summed E-state index contributed by atoms with van der Waals surface area (Å²) in [5, 5.41) is 5.39. The Bertz CT molecular complexity index is 618. The van der Waals surface area contributed by atoms with Crippen molar-refractivity contribution < 1.29 is 0 Å². The van der Waals surface area contributed by atoms with Crippen LogP contribution in [-0.2, 0) is 0 Å². The lowest BCUT2D eigenvalue weighted by molar-refractivity contribution is 1.47. The van der Waals surface area contributed by atoms with E-state index >= 15 is 0 Å². The minimum absolute atomic E-state index is 1.32. The predicted molar refractivity (Wildman–Crippen MR) is 82.3 cm³/mol. The molecule has 0 atom stereocenters. The highest BCUT2D eigenvalue weighted by Crippen LogP contribution is 2.27. The number of aryl methyl sites for hydroxylation is 2. The van der Waals surface area contributed by atoms with Gasteiger partial charge in [0.15, 0.2) is 0 Å². The van der Waals surface area contributed by atoms with Crippen LogP contribution < -0.4 is 0 Å². The van der Waals surface area contributed by atoms with Gasteiger partial charge in [-0.3, -0.25) is 0 Å². The number of benzene rings is 3. The second-order valence-electron chi connectivity index (χ2n) is 4.44. The van der Waals surface area contributed by atoms with E-state index in [1.165, 1.54) is 32.7 Å². The van der Waals surface area contributed by atoms with Crippen molar-refractivity contribution >= 4 is 21.5 Å². The summed E-state index contributed by atoms with van der Waals surface area (Å²) in [6.45, 7) is 8.35. The maximum Gasteiger partial charge on any atom is -0.0146 e. The van der Waals surface area contributed by atoms with E-state index in [9.17, 15) is 0 Å². The molecule has 0 unspecified atom stereocenters. The Morgan fingerprint density at radius 1 is 0.611 bits per heavy atom. The van der Waals surface area contributed by atoms with Crippen LogP contribution in [0.25, 0.3) is 21.5 Å². The van der Waals surface area contributed by atoms with Crippen LogP contribution in [0.1, 0.15) is 25.0 Å². The molecule has 0 N–H and O–H groups in total. The van der Waals surface area contributed by atoms with Gasteiger partial charge >= 0.3 is 0 Å². The SMILES string of the molecule is CC.Cc1ccc(C)c2cc3ccccc3cc12. The molecule has 0 saturated heterocycles. The molecule has 0 aliphatic carbocycles. The summed E-state index contributed by atoms with van der Waals surface area (Å²) in [4.78, 5) is 0. The van der Waals surface area contributed by atoms with Gasteiger partial charge in [0.1, 0.15) is 0 Å². The smallest absolute Gasteiger partial charge is 0.0146 e. The van der Waals surface area contributed by atoms with Gasteiger partial charge in [-0.1, -0.05) is 50.2 Å². The highest BCUT2D eigenvalue weighted by Gasteiger charge is 2.02. The molecule has 0 heteroatoms. The zero-order valence-electron chi connectivity index (χ0n) is 11.6. The Kier molecular flexibility index (Phi) is 3.66. The molecule has 0 aliphatic heterocycles. The zero-order valence-corrected chi connectivity index (χ0v) is 11.6. The Balaban J connectivity index is 0.000000574. The van der Waals surface area contributed by atoms with Crippen molar-refractivity contribution in [3.8, 4) is 0 Å². The Hall–Kier alpha value is -1.82. The van der Waals surface area contributed by atoms with Crippen molar-refractivity contribution in [2.45, 2.75) is 27.7 Å². The first-order chi connectivity index (χ1) is 8.75. The van der Waals surface area contributed by atoms with Gasteiger partial charge in [0.25, 0.3) is 0 Å². The summed E-state index contributed by atoms with van der Waals surface area (Å²) in [7, 11) is 0. The summed E-state index contributed by atoms with van der Waals surface area (Å²) in [6.07, 6.45) is 0. The van der Waals surface area contributed by atoms with Gasteiger partial charge in [0.05, 0.1) is 0 Å². The Morgan fingerprint density at radius 3 is 1.39 bits per heavy atom. The van der Waals surface area contributed by atoms with Crippen LogP contribution in [-0.4, -0.2) is 0 Å². The summed E-state index contributed by atoms with van der Waals surface area (Å²) in [5.74, 6) is 0. The Morgan fingerprint density at radius 2 is 1.00 bits per heavy atom. The second-order valence-corrected chi connectivity index (χ2v) is 4.44. The van der Waals surface area contributed by atoms with Gasteiger partial charge in [-0.05, 0) is 58.7 Å². The standard InChI is InChI=1S/C16H14.C2H6/c1-11-7-8-12(2)16-10-14-6-4-3-5-13(14)9-15(11)16;1-2/h3-10H,1-2H3;1-2H3. The van der Waals surface area contributed by atoms with Gasteiger partial charge in [0.2, 0.25) is 0 Å². The predicted octanol–water partition coefficient (Wildman–Crippen LogP) is 5.64. The quantitative estimate of drug-likeness (QED) is 0.443. The molecule has 3 rings (SSSR count). The van der Waals surface area contributed by atoms with E-state index in [4.69, 9.17) is 0 Å². The van der Waals surface area contributed by atoms with Crippen LogP contribution in [0.2, 0.25) is 0 Å². The molecule has 92 valence electrons. The van der Waals surface area contributed by atoms with Crippen molar-refractivity contribution in [1.29, 1.82) is 0 Å². The van der Waals surface area contributed by atoms with Gasteiger partial charge in [0, 0.05) is 0 Å². The van der Waals surface area contributed by atoms with Crippen LogP contribution in [0.3, 0.4) is 0 Å². The first-order valence-corrected chi connectivity index (χ1v) is 6.64. The number of hydrogen-bond donors (Lipinski definition) is 0. The summed E-state index contributed by atoms with van der Waals surface area (Å²) in [5.41, 5.74) is 2.71. The number of rotatable bonds is 0. The minimum atomic E-state index is 1.32. The first kappa shape index (κ1) is 12.6. The normalized spacial score (nSPS) is 10.2. The van der Waals surface area contributed by atoms with E-state index in [0.717, 1.165) is 0 Å². The molecule has 0 saturated carbocycles. The minimum Gasteiger partial charge on any atom is -0.0683 e. The van der Waals surface area contributed by atoms with Gasteiger partial charge in [-0.25, -0.2) is 0 Å². The van der Waals surface area contributed by atoms with Gasteiger partial charge in [-0.2, -0.15) is 0 Å². The third-order valence-electron chi connectivity index (χ3n) is 3.32. The third-order valence-corrected chi connectivity index (χ3v) is 3.32. The van der Waals surface area contributed by atoms with Gasteiger partial charge < -0.3 is 0 Å². The fraction of sp³-hybridized carbons (Fsp3) is 0.222. The molecule has 0 aromatic heterocycles. The summed E-state index contributed by atoms with van der Waals surface area (Å²) >= 11 is 0. The van der Waals surface area contributed by atoms with Crippen molar-refractivity contribution in [2.24, 2.45) is 0 Å². The highest BCUT2D eigenvalue weighted by atomic mass is 14.1. The Labute approximate surface area is 109 Å².